The molecular weight excluding hydrogens is 358 g/mol. The molecule has 0 aliphatic carbocycles. The highest BCUT2D eigenvalue weighted by Gasteiger charge is 2.32. The van der Waals surface area contributed by atoms with Gasteiger partial charge in [0.15, 0.2) is 0 Å². The summed E-state index contributed by atoms with van der Waals surface area (Å²) in [6.45, 7) is 4.99. The lowest BCUT2D eigenvalue weighted by molar-refractivity contribution is 0.0185. The van der Waals surface area contributed by atoms with E-state index in [9.17, 15) is 4.79 Å². The average Bonchev–Trinajstić information content (AvgIpc) is 3.00. The number of hydrogen-bond acceptors (Lipinski definition) is 4. The predicted octanol–water partition coefficient (Wildman–Crippen LogP) is 2.04. The molecule has 0 radical (unpaired) electrons. The summed E-state index contributed by atoms with van der Waals surface area (Å²) in [5, 5.41) is 0.262. The van der Waals surface area contributed by atoms with Gasteiger partial charge in [0.2, 0.25) is 0 Å². The van der Waals surface area contributed by atoms with Crippen molar-refractivity contribution in [2.45, 2.75) is 12.5 Å². The van der Waals surface area contributed by atoms with E-state index in [2.05, 4.69) is 25.8 Å². The number of morpholine rings is 1. The first-order valence-electron chi connectivity index (χ1n) is 7.07. The molecule has 21 heavy (non-hydrogen) atoms. The molecule has 0 N–H and O–H groups in total. The number of ether oxygens (including phenoxy) is 1. The third-order valence-electron chi connectivity index (χ3n) is 4.05. The van der Waals surface area contributed by atoms with Gasteiger partial charge in [-0.15, -0.1) is 0 Å². The van der Waals surface area contributed by atoms with Crippen LogP contribution in [0.3, 0.4) is 0 Å². The second kappa shape index (κ2) is 6.60. The van der Waals surface area contributed by atoms with Gasteiger partial charge in [-0.05, 0) is 28.4 Å². The van der Waals surface area contributed by atoms with Gasteiger partial charge in [0, 0.05) is 42.9 Å². The van der Waals surface area contributed by atoms with Gasteiger partial charge in [0.1, 0.15) is 5.15 Å². The van der Waals surface area contributed by atoms with Crippen LogP contribution in [0.15, 0.2) is 16.7 Å². The first-order valence-corrected chi connectivity index (χ1v) is 8.24. The molecular formula is C14H17BrClN3O2. The number of aromatic nitrogens is 1. The fraction of sp³-hybridized carbons (Fsp3) is 0.571. The number of amides is 1. The molecule has 2 saturated heterocycles. The predicted molar refractivity (Wildman–Crippen MR) is 83.6 cm³/mol. The molecule has 0 aromatic carbocycles. The highest BCUT2D eigenvalue weighted by molar-refractivity contribution is 9.10. The van der Waals surface area contributed by atoms with Crippen molar-refractivity contribution in [3.05, 3.63) is 27.5 Å². The van der Waals surface area contributed by atoms with Gasteiger partial charge in [-0.3, -0.25) is 9.69 Å². The van der Waals surface area contributed by atoms with Gasteiger partial charge in [0.05, 0.1) is 18.8 Å². The summed E-state index contributed by atoms with van der Waals surface area (Å²) in [4.78, 5) is 20.9. The number of nitrogens with zero attached hydrogens (tertiary/aromatic N) is 3. The van der Waals surface area contributed by atoms with Crippen LogP contribution in [-0.2, 0) is 4.74 Å². The molecule has 1 atom stereocenters. The summed E-state index contributed by atoms with van der Waals surface area (Å²) in [6, 6.07) is 2.16. The summed E-state index contributed by atoms with van der Waals surface area (Å²) in [5.41, 5.74) is 0.466. The zero-order valence-corrected chi connectivity index (χ0v) is 13.9. The third-order valence-corrected chi connectivity index (χ3v) is 4.78. The number of carbonyl (C=O) groups excluding carboxylic acids is 1. The van der Waals surface area contributed by atoms with Gasteiger partial charge in [0.25, 0.3) is 5.91 Å². The summed E-state index contributed by atoms with van der Waals surface area (Å²) in [5.74, 6) is -0.0374. The molecule has 5 nitrogen and oxygen atoms in total. The fourth-order valence-corrected chi connectivity index (χ4v) is 3.43. The molecule has 0 bridgehead atoms. The molecule has 0 spiro atoms. The average molecular weight is 375 g/mol. The zero-order valence-electron chi connectivity index (χ0n) is 11.6. The molecule has 2 aliphatic heterocycles. The zero-order chi connectivity index (χ0) is 14.8. The molecule has 1 aromatic rings. The lowest BCUT2D eigenvalue weighted by Crippen LogP contribution is -2.45. The van der Waals surface area contributed by atoms with Gasteiger partial charge in [-0.25, -0.2) is 4.98 Å². The van der Waals surface area contributed by atoms with Crippen LogP contribution >= 0.6 is 27.5 Å². The van der Waals surface area contributed by atoms with Crippen LogP contribution in [0.25, 0.3) is 0 Å². The molecule has 1 unspecified atom stereocenters. The highest BCUT2D eigenvalue weighted by atomic mass is 79.9. The van der Waals surface area contributed by atoms with Crippen LogP contribution in [0.1, 0.15) is 16.8 Å². The lowest BCUT2D eigenvalue weighted by Gasteiger charge is -2.32. The topological polar surface area (TPSA) is 45.7 Å². The smallest absolute Gasteiger partial charge is 0.257 e. The summed E-state index contributed by atoms with van der Waals surface area (Å²) >= 11 is 9.38. The molecule has 114 valence electrons. The Morgan fingerprint density at radius 2 is 2.14 bits per heavy atom. The summed E-state index contributed by atoms with van der Waals surface area (Å²) < 4.78 is 6.14. The number of carbonyl (C=O) groups is 1. The molecule has 1 amide bonds. The van der Waals surface area contributed by atoms with Gasteiger partial charge in [-0.2, -0.15) is 0 Å². The van der Waals surface area contributed by atoms with E-state index in [1.54, 1.807) is 12.3 Å². The minimum Gasteiger partial charge on any atom is -0.379 e. The molecule has 2 aliphatic rings. The Morgan fingerprint density at radius 1 is 1.38 bits per heavy atom. The van der Waals surface area contributed by atoms with Crippen LogP contribution in [0, 0.1) is 0 Å². The van der Waals surface area contributed by atoms with Gasteiger partial charge < -0.3 is 9.64 Å². The highest BCUT2D eigenvalue weighted by Crippen LogP contribution is 2.23. The van der Waals surface area contributed by atoms with Crippen molar-refractivity contribution in [2.75, 3.05) is 39.4 Å². The van der Waals surface area contributed by atoms with E-state index in [0.717, 1.165) is 50.3 Å². The second-order valence-electron chi connectivity index (χ2n) is 5.33. The normalized spacial score (nSPS) is 23.5. The Balaban J connectivity index is 1.67. The van der Waals surface area contributed by atoms with Crippen molar-refractivity contribution in [1.82, 2.24) is 14.8 Å². The van der Waals surface area contributed by atoms with Crippen LogP contribution in [-0.4, -0.2) is 66.1 Å². The standard InChI is InChI=1S/C14H17BrClN3O2/c15-10-7-12(13(16)17-8-10)14(20)19-2-1-11(9-19)18-3-5-21-6-4-18/h7-8,11H,1-6,9H2. The number of halogens is 2. The summed E-state index contributed by atoms with van der Waals surface area (Å²) in [7, 11) is 0. The first-order chi connectivity index (χ1) is 10.1. The van der Waals surface area contributed by atoms with E-state index in [1.165, 1.54) is 0 Å². The van der Waals surface area contributed by atoms with E-state index in [-0.39, 0.29) is 11.1 Å². The van der Waals surface area contributed by atoms with Gasteiger partial charge >= 0.3 is 0 Å². The van der Waals surface area contributed by atoms with Crippen molar-refractivity contribution in [2.24, 2.45) is 0 Å². The first kappa shape index (κ1) is 15.2. The second-order valence-corrected chi connectivity index (χ2v) is 6.61. The van der Waals surface area contributed by atoms with Crippen LogP contribution in [0.5, 0.6) is 0 Å². The van der Waals surface area contributed by atoms with Crippen molar-refractivity contribution in [3.8, 4) is 0 Å². The maximum atomic E-state index is 12.6. The van der Waals surface area contributed by atoms with Crippen molar-refractivity contribution in [1.29, 1.82) is 0 Å². The Morgan fingerprint density at radius 3 is 2.90 bits per heavy atom. The van der Waals surface area contributed by atoms with Crippen molar-refractivity contribution >= 4 is 33.4 Å². The van der Waals surface area contributed by atoms with Crippen molar-refractivity contribution in [3.63, 3.8) is 0 Å². The molecule has 1 aromatic heterocycles. The third kappa shape index (κ3) is 3.39. The Kier molecular flexibility index (Phi) is 4.78. The minimum atomic E-state index is -0.0374. The van der Waals surface area contributed by atoms with E-state index < -0.39 is 0 Å². The van der Waals surface area contributed by atoms with Crippen LogP contribution in [0.2, 0.25) is 5.15 Å². The fourth-order valence-electron chi connectivity index (χ4n) is 2.91. The largest absolute Gasteiger partial charge is 0.379 e. The van der Waals surface area contributed by atoms with Crippen molar-refractivity contribution < 1.29 is 9.53 Å². The lowest BCUT2D eigenvalue weighted by atomic mass is 10.2. The maximum absolute atomic E-state index is 12.6. The summed E-state index contributed by atoms with van der Waals surface area (Å²) in [6.07, 6.45) is 2.60. The van der Waals surface area contributed by atoms with E-state index in [0.29, 0.717) is 11.6 Å². The number of rotatable bonds is 2. The van der Waals surface area contributed by atoms with E-state index in [1.807, 2.05) is 4.90 Å². The van der Waals surface area contributed by atoms with Crippen LogP contribution < -0.4 is 0 Å². The molecule has 7 heteroatoms. The Bertz CT molecular complexity index is 537. The number of pyridine rings is 1. The molecule has 3 rings (SSSR count). The molecule has 3 heterocycles. The monoisotopic (exact) mass is 373 g/mol. The quantitative estimate of drug-likeness (QED) is 0.743. The van der Waals surface area contributed by atoms with Gasteiger partial charge in [-0.1, -0.05) is 11.6 Å². The Labute approximate surface area is 137 Å². The van der Waals surface area contributed by atoms with E-state index in [4.69, 9.17) is 16.3 Å². The van der Waals surface area contributed by atoms with Crippen LogP contribution in [0.4, 0.5) is 0 Å². The number of likely N-dealkylation sites (tertiary alicyclic amines) is 1. The van der Waals surface area contributed by atoms with E-state index >= 15 is 0 Å². The Hall–Kier alpha value is -0.690. The minimum absolute atomic E-state index is 0.0374. The molecule has 0 saturated carbocycles. The SMILES string of the molecule is O=C(c1cc(Br)cnc1Cl)N1CCC(N2CCOCC2)C1. The maximum Gasteiger partial charge on any atom is 0.257 e. The molecule has 2 fully saturated rings. The number of hydrogen-bond donors (Lipinski definition) is 0.